The Bertz CT molecular complexity index is 747. The van der Waals surface area contributed by atoms with Crippen molar-refractivity contribution in [3.8, 4) is 0 Å². The Hall–Kier alpha value is -0.860. The van der Waals surface area contributed by atoms with E-state index in [1.54, 1.807) is 6.07 Å². The van der Waals surface area contributed by atoms with Gasteiger partial charge in [0.1, 0.15) is 10.5 Å². The zero-order valence-corrected chi connectivity index (χ0v) is 13.5. The Labute approximate surface area is 134 Å². The summed E-state index contributed by atoms with van der Waals surface area (Å²) in [7, 11) is -3.57. The van der Waals surface area contributed by atoms with Crippen LogP contribution < -0.4 is 5.73 Å². The minimum atomic E-state index is -3.57. The van der Waals surface area contributed by atoms with Gasteiger partial charge in [0.2, 0.25) is 10.0 Å². The molecular formula is C12H16Cl2N4O2S. The fraction of sp³-hybridized carbons (Fsp3) is 0.417. The first-order valence-electron chi connectivity index (χ1n) is 6.36. The van der Waals surface area contributed by atoms with Gasteiger partial charge < -0.3 is 10.7 Å². The molecule has 9 heteroatoms. The van der Waals surface area contributed by atoms with Crippen LogP contribution >= 0.6 is 24.0 Å². The summed E-state index contributed by atoms with van der Waals surface area (Å²) in [5.41, 5.74) is 6.09. The highest BCUT2D eigenvalue weighted by Crippen LogP contribution is 2.32. The third kappa shape index (κ3) is 2.76. The predicted molar refractivity (Wildman–Crippen MR) is 84.3 cm³/mol. The molecule has 1 aliphatic heterocycles. The van der Waals surface area contributed by atoms with Gasteiger partial charge in [-0.25, -0.2) is 13.4 Å². The van der Waals surface area contributed by atoms with E-state index in [2.05, 4.69) is 9.97 Å². The Kier molecular flexibility index (Phi) is 4.79. The van der Waals surface area contributed by atoms with Gasteiger partial charge in [-0.3, -0.25) is 0 Å². The van der Waals surface area contributed by atoms with E-state index >= 15 is 0 Å². The quantitative estimate of drug-likeness (QED) is 0.879. The zero-order chi connectivity index (χ0) is 14.3. The van der Waals surface area contributed by atoms with Crippen molar-refractivity contribution in [1.29, 1.82) is 0 Å². The number of pyridine rings is 1. The molecule has 2 aromatic rings. The summed E-state index contributed by atoms with van der Waals surface area (Å²) in [6.45, 7) is 1.46. The summed E-state index contributed by atoms with van der Waals surface area (Å²) in [6.07, 6.45) is 3.79. The molecule has 0 aromatic carbocycles. The molecule has 0 radical (unpaired) electrons. The molecule has 1 unspecified atom stereocenters. The number of halogens is 2. The van der Waals surface area contributed by atoms with Crippen molar-refractivity contribution in [2.24, 2.45) is 11.7 Å². The maximum absolute atomic E-state index is 12.7. The number of sulfonamides is 1. The second-order valence-corrected chi connectivity index (χ2v) is 7.24. The maximum Gasteiger partial charge on any atom is 0.245 e. The molecule has 1 aliphatic rings. The summed E-state index contributed by atoms with van der Waals surface area (Å²) in [5.74, 6) is 0.226. The van der Waals surface area contributed by atoms with Crippen LogP contribution in [0.1, 0.15) is 6.42 Å². The highest BCUT2D eigenvalue weighted by atomic mass is 35.5. The van der Waals surface area contributed by atoms with Crippen LogP contribution in [0, 0.1) is 5.92 Å². The standard InChI is InChI=1S/C12H15ClN4O2S.ClH/c13-9-1-3-15-12-11(9)10(6-16-12)20(18,19)17-4-2-8(5-14)7-17;/h1,3,6,8H,2,4-5,7,14H2,(H,15,16);1H. The van der Waals surface area contributed by atoms with E-state index in [1.165, 1.54) is 16.7 Å². The van der Waals surface area contributed by atoms with Crippen LogP contribution in [-0.2, 0) is 10.0 Å². The van der Waals surface area contributed by atoms with Gasteiger partial charge in [-0.15, -0.1) is 12.4 Å². The molecule has 2 aromatic heterocycles. The molecule has 0 bridgehead atoms. The summed E-state index contributed by atoms with van der Waals surface area (Å²) in [5, 5.41) is 0.828. The lowest BCUT2D eigenvalue weighted by Crippen LogP contribution is -2.29. The Balaban J connectivity index is 0.00000161. The van der Waals surface area contributed by atoms with Gasteiger partial charge in [-0.05, 0) is 24.9 Å². The van der Waals surface area contributed by atoms with Gasteiger partial charge in [0, 0.05) is 25.5 Å². The van der Waals surface area contributed by atoms with Crippen molar-refractivity contribution in [1.82, 2.24) is 14.3 Å². The first kappa shape index (κ1) is 16.5. The van der Waals surface area contributed by atoms with Crippen molar-refractivity contribution < 1.29 is 8.42 Å². The maximum atomic E-state index is 12.7. The van der Waals surface area contributed by atoms with Gasteiger partial charge in [0.25, 0.3) is 0 Å². The van der Waals surface area contributed by atoms with Crippen LogP contribution in [0.4, 0.5) is 0 Å². The molecule has 116 valence electrons. The number of rotatable bonds is 3. The second-order valence-electron chi connectivity index (χ2n) is 4.92. The molecule has 0 aliphatic carbocycles. The molecule has 1 fully saturated rings. The van der Waals surface area contributed by atoms with Gasteiger partial charge in [-0.1, -0.05) is 11.6 Å². The lowest BCUT2D eigenvalue weighted by molar-refractivity contribution is 0.460. The molecule has 21 heavy (non-hydrogen) atoms. The SMILES string of the molecule is Cl.NCC1CCN(S(=O)(=O)c2c[nH]c3nccc(Cl)c23)C1. The Morgan fingerprint density at radius 3 is 2.95 bits per heavy atom. The molecule has 1 saturated heterocycles. The van der Waals surface area contributed by atoms with Gasteiger partial charge in [0.15, 0.2) is 0 Å². The number of hydrogen-bond donors (Lipinski definition) is 2. The number of aromatic nitrogens is 2. The molecule has 3 rings (SSSR count). The number of fused-ring (bicyclic) bond motifs is 1. The molecule has 0 spiro atoms. The number of nitrogens with zero attached hydrogens (tertiary/aromatic N) is 2. The fourth-order valence-electron chi connectivity index (χ4n) is 2.54. The zero-order valence-electron chi connectivity index (χ0n) is 11.1. The largest absolute Gasteiger partial charge is 0.345 e. The van der Waals surface area contributed by atoms with Crippen molar-refractivity contribution in [2.45, 2.75) is 11.3 Å². The molecule has 3 heterocycles. The van der Waals surface area contributed by atoms with Crippen molar-refractivity contribution in [2.75, 3.05) is 19.6 Å². The van der Waals surface area contributed by atoms with Crippen LogP contribution in [0.2, 0.25) is 5.02 Å². The van der Waals surface area contributed by atoms with Crippen LogP contribution in [-0.4, -0.2) is 42.3 Å². The second kappa shape index (κ2) is 6.10. The van der Waals surface area contributed by atoms with E-state index in [0.29, 0.717) is 35.7 Å². The van der Waals surface area contributed by atoms with Crippen LogP contribution in [0.3, 0.4) is 0 Å². The third-order valence-corrected chi connectivity index (χ3v) is 5.89. The first-order chi connectivity index (χ1) is 9.54. The Morgan fingerprint density at radius 1 is 1.52 bits per heavy atom. The molecule has 1 atom stereocenters. The number of hydrogen-bond acceptors (Lipinski definition) is 4. The van der Waals surface area contributed by atoms with Crippen LogP contribution in [0.25, 0.3) is 11.0 Å². The highest BCUT2D eigenvalue weighted by molar-refractivity contribution is 7.89. The summed E-state index contributed by atoms with van der Waals surface area (Å²) < 4.78 is 26.9. The molecule has 3 N–H and O–H groups in total. The van der Waals surface area contributed by atoms with Gasteiger partial charge in [0.05, 0.1) is 10.4 Å². The monoisotopic (exact) mass is 350 g/mol. The smallest absolute Gasteiger partial charge is 0.245 e. The minimum Gasteiger partial charge on any atom is -0.345 e. The Morgan fingerprint density at radius 2 is 2.29 bits per heavy atom. The van der Waals surface area contributed by atoms with Crippen molar-refractivity contribution >= 4 is 45.1 Å². The average molecular weight is 351 g/mol. The third-order valence-electron chi connectivity index (χ3n) is 3.69. The first-order valence-corrected chi connectivity index (χ1v) is 8.17. The number of aromatic amines is 1. The summed E-state index contributed by atoms with van der Waals surface area (Å²) >= 11 is 6.11. The van der Waals surface area contributed by atoms with E-state index in [1.807, 2.05) is 0 Å². The van der Waals surface area contributed by atoms with E-state index < -0.39 is 10.0 Å². The normalized spacial score (nSPS) is 19.8. The highest BCUT2D eigenvalue weighted by Gasteiger charge is 2.34. The van der Waals surface area contributed by atoms with E-state index in [0.717, 1.165) is 6.42 Å². The average Bonchev–Trinajstić information content (AvgIpc) is 3.06. The molecular weight excluding hydrogens is 335 g/mol. The van der Waals surface area contributed by atoms with E-state index in [4.69, 9.17) is 17.3 Å². The molecule has 0 saturated carbocycles. The number of nitrogens with one attached hydrogen (secondary N) is 1. The topological polar surface area (TPSA) is 92.1 Å². The van der Waals surface area contributed by atoms with Crippen molar-refractivity contribution in [3.05, 3.63) is 23.5 Å². The predicted octanol–water partition coefficient (Wildman–Crippen LogP) is 1.61. The minimum absolute atomic E-state index is 0. The lowest BCUT2D eigenvalue weighted by atomic mass is 10.1. The van der Waals surface area contributed by atoms with Crippen LogP contribution in [0.5, 0.6) is 0 Å². The number of nitrogens with two attached hydrogens (primary N) is 1. The number of H-pyrrole nitrogens is 1. The summed E-state index contributed by atoms with van der Waals surface area (Å²) in [4.78, 5) is 7.13. The van der Waals surface area contributed by atoms with Crippen molar-refractivity contribution in [3.63, 3.8) is 0 Å². The van der Waals surface area contributed by atoms with Gasteiger partial charge in [-0.2, -0.15) is 4.31 Å². The molecule has 0 amide bonds. The lowest BCUT2D eigenvalue weighted by Gasteiger charge is -2.15. The molecule has 6 nitrogen and oxygen atoms in total. The summed E-state index contributed by atoms with van der Waals surface area (Å²) in [6, 6.07) is 1.59. The van der Waals surface area contributed by atoms with Crippen LogP contribution in [0.15, 0.2) is 23.4 Å². The van der Waals surface area contributed by atoms with Gasteiger partial charge >= 0.3 is 0 Å². The van der Waals surface area contributed by atoms with E-state index in [9.17, 15) is 8.42 Å². The fourth-order valence-corrected chi connectivity index (χ4v) is 4.55. The van der Waals surface area contributed by atoms with E-state index in [-0.39, 0.29) is 23.2 Å².